The number of carbonyl (C=O) groups is 1. The van der Waals surface area contributed by atoms with Gasteiger partial charge >= 0.3 is 5.97 Å². The Morgan fingerprint density at radius 3 is 1.45 bits per heavy atom. The Kier molecular flexibility index (Phi) is 6.40. The molecule has 0 bridgehead atoms. The maximum Gasteiger partial charge on any atom is 0.328 e. The summed E-state index contributed by atoms with van der Waals surface area (Å²) < 4.78 is 0. The number of hydrogen-bond donors (Lipinski definition) is 1. The van der Waals surface area contributed by atoms with Crippen molar-refractivity contribution in [3.8, 4) is 0 Å². The summed E-state index contributed by atoms with van der Waals surface area (Å²) in [5.41, 5.74) is 2.12. The van der Waals surface area contributed by atoms with E-state index in [1.807, 2.05) is 12.1 Å². The van der Waals surface area contributed by atoms with Gasteiger partial charge in [-0.1, -0.05) is 78.9 Å². The Morgan fingerprint density at radius 1 is 0.645 bits per heavy atom. The van der Waals surface area contributed by atoms with Crippen molar-refractivity contribution in [1.82, 2.24) is 0 Å². The average molecular weight is 423 g/mol. The van der Waals surface area contributed by atoms with E-state index >= 15 is 0 Å². The topological polar surface area (TPSA) is 37.3 Å². The summed E-state index contributed by atoms with van der Waals surface area (Å²) in [6.45, 7) is 0. The molecule has 0 heterocycles. The van der Waals surface area contributed by atoms with E-state index in [0.29, 0.717) is 0 Å². The molecule has 0 spiro atoms. The van der Waals surface area contributed by atoms with Crippen LogP contribution in [0.25, 0.3) is 6.08 Å². The number of rotatable bonds is 7. The van der Waals surface area contributed by atoms with Gasteiger partial charge in [-0.25, -0.2) is 4.79 Å². The molecule has 0 aromatic heterocycles. The SMILES string of the molecule is O=C(O)C=Cc1ccc(C[P+](c2ccccc2)(c2ccccc2)c2ccccc2)cc1. The lowest BCUT2D eigenvalue weighted by Gasteiger charge is -2.27. The Morgan fingerprint density at radius 2 is 1.06 bits per heavy atom. The minimum Gasteiger partial charge on any atom is -0.478 e. The minimum absolute atomic E-state index is 0.884. The molecule has 4 aromatic rings. The quantitative estimate of drug-likeness (QED) is 0.324. The standard InChI is InChI=1S/C28H23O2P/c29-28(30)21-20-23-16-18-24(19-17-23)22-31(25-10-4-1-5-11-25,26-12-6-2-7-13-26)27-14-8-3-9-15-27/h1-21H,22H2/p+1. The minimum atomic E-state index is -1.93. The molecule has 0 aliphatic heterocycles. The second-order valence-corrected chi connectivity index (χ2v) is 10.9. The molecule has 0 saturated carbocycles. The average Bonchev–Trinajstić information content (AvgIpc) is 2.83. The summed E-state index contributed by atoms with van der Waals surface area (Å²) in [7, 11) is -1.93. The lowest BCUT2D eigenvalue weighted by Crippen LogP contribution is -2.32. The number of aliphatic carboxylic acids is 1. The van der Waals surface area contributed by atoms with Gasteiger partial charge in [0.15, 0.2) is 0 Å². The molecule has 0 atom stereocenters. The third-order valence-electron chi connectivity index (χ3n) is 5.41. The van der Waals surface area contributed by atoms with E-state index in [4.69, 9.17) is 5.11 Å². The Hall–Kier alpha value is -3.48. The maximum absolute atomic E-state index is 10.8. The normalized spacial score (nSPS) is 11.5. The summed E-state index contributed by atoms with van der Waals surface area (Å²) in [5, 5.41) is 12.9. The van der Waals surface area contributed by atoms with Gasteiger partial charge in [-0.15, -0.1) is 0 Å². The highest BCUT2D eigenvalue weighted by Crippen LogP contribution is 2.58. The number of benzene rings is 4. The van der Waals surface area contributed by atoms with E-state index in [1.165, 1.54) is 27.6 Å². The summed E-state index contributed by atoms with van der Waals surface area (Å²) in [4.78, 5) is 10.8. The fourth-order valence-corrected chi connectivity index (χ4v) is 8.19. The molecular weight excluding hydrogens is 399 g/mol. The second kappa shape index (κ2) is 9.55. The van der Waals surface area contributed by atoms with Crippen LogP contribution in [0.4, 0.5) is 0 Å². The van der Waals surface area contributed by atoms with Crippen molar-refractivity contribution >= 4 is 35.2 Å². The zero-order valence-corrected chi connectivity index (χ0v) is 18.0. The first kappa shape index (κ1) is 20.8. The smallest absolute Gasteiger partial charge is 0.328 e. The molecule has 0 amide bonds. The van der Waals surface area contributed by atoms with Crippen molar-refractivity contribution in [1.29, 1.82) is 0 Å². The van der Waals surface area contributed by atoms with Crippen LogP contribution in [0.3, 0.4) is 0 Å². The molecule has 0 radical (unpaired) electrons. The number of hydrogen-bond acceptors (Lipinski definition) is 1. The zero-order chi connectivity index (χ0) is 21.5. The summed E-state index contributed by atoms with van der Waals surface area (Å²) in [6.07, 6.45) is 3.69. The molecule has 31 heavy (non-hydrogen) atoms. The molecule has 2 nitrogen and oxygen atoms in total. The molecule has 4 aromatic carbocycles. The summed E-state index contributed by atoms with van der Waals surface area (Å²) in [5.74, 6) is -0.939. The van der Waals surface area contributed by atoms with Crippen LogP contribution in [0, 0.1) is 0 Å². The molecular formula is C28H24O2P+. The molecule has 0 unspecified atom stereocenters. The van der Waals surface area contributed by atoms with Gasteiger partial charge in [0.2, 0.25) is 0 Å². The van der Waals surface area contributed by atoms with Crippen LogP contribution in [-0.4, -0.2) is 11.1 Å². The van der Waals surface area contributed by atoms with Crippen molar-refractivity contribution in [2.24, 2.45) is 0 Å². The molecule has 3 heteroatoms. The van der Waals surface area contributed by atoms with Gasteiger partial charge in [-0.2, -0.15) is 0 Å². The first-order valence-electron chi connectivity index (χ1n) is 10.2. The lowest BCUT2D eigenvalue weighted by atomic mass is 10.1. The van der Waals surface area contributed by atoms with E-state index in [2.05, 4.69) is 103 Å². The van der Waals surface area contributed by atoms with Gasteiger partial charge in [0.25, 0.3) is 0 Å². The largest absolute Gasteiger partial charge is 0.478 e. The zero-order valence-electron chi connectivity index (χ0n) is 17.1. The van der Waals surface area contributed by atoms with Gasteiger partial charge in [-0.3, -0.25) is 0 Å². The Balaban J connectivity index is 1.85. The number of carboxylic acid groups (broad SMARTS) is 1. The van der Waals surface area contributed by atoms with Gasteiger partial charge in [0, 0.05) is 6.08 Å². The van der Waals surface area contributed by atoms with Crippen molar-refractivity contribution in [2.45, 2.75) is 6.16 Å². The van der Waals surface area contributed by atoms with Crippen LogP contribution in [-0.2, 0) is 11.0 Å². The Labute approximate surface area is 183 Å². The van der Waals surface area contributed by atoms with Crippen LogP contribution >= 0.6 is 7.26 Å². The molecule has 152 valence electrons. The second-order valence-electron chi connectivity index (χ2n) is 7.39. The first-order chi connectivity index (χ1) is 15.2. The van der Waals surface area contributed by atoms with Gasteiger partial charge in [0.05, 0.1) is 6.16 Å². The van der Waals surface area contributed by atoms with Crippen LogP contribution in [0.5, 0.6) is 0 Å². The van der Waals surface area contributed by atoms with E-state index in [0.717, 1.165) is 11.7 Å². The maximum atomic E-state index is 10.8. The third kappa shape index (κ3) is 4.66. The number of carboxylic acids is 1. The van der Waals surface area contributed by atoms with Crippen LogP contribution in [0.2, 0.25) is 0 Å². The molecule has 4 rings (SSSR count). The van der Waals surface area contributed by atoms with E-state index in [9.17, 15) is 4.79 Å². The highest BCUT2D eigenvalue weighted by Gasteiger charge is 2.45. The highest BCUT2D eigenvalue weighted by atomic mass is 31.2. The monoisotopic (exact) mass is 423 g/mol. The first-order valence-corrected chi connectivity index (χ1v) is 12.2. The molecule has 0 saturated heterocycles. The lowest BCUT2D eigenvalue weighted by molar-refractivity contribution is -0.131. The van der Waals surface area contributed by atoms with Crippen molar-refractivity contribution < 1.29 is 9.90 Å². The fraction of sp³-hybridized carbons (Fsp3) is 0.0357. The van der Waals surface area contributed by atoms with E-state index < -0.39 is 13.2 Å². The molecule has 1 N–H and O–H groups in total. The van der Waals surface area contributed by atoms with Crippen LogP contribution in [0.15, 0.2) is 121 Å². The van der Waals surface area contributed by atoms with Gasteiger partial charge in [-0.05, 0) is 53.6 Å². The predicted octanol–water partition coefficient (Wildman–Crippen LogP) is 5.28. The van der Waals surface area contributed by atoms with Crippen molar-refractivity contribution in [3.63, 3.8) is 0 Å². The van der Waals surface area contributed by atoms with E-state index in [-0.39, 0.29) is 0 Å². The molecule has 0 aliphatic rings. The molecule has 0 fully saturated rings. The van der Waals surface area contributed by atoms with Crippen LogP contribution in [0.1, 0.15) is 11.1 Å². The predicted molar refractivity (Wildman–Crippen MR) is 132 cm³/mol. The van der Waals surface area contributed by atoms with Crippen molar-refractivity contribution in [2.75, 3.05) is 0 Å². The molecule has 0 aliphatic carbocycles. The highest BCUT2D eigenvalue weighted by molar-refractivity contribution is 7.95. The van der Waals surface area contributed by atoms with Gasteiger partial charge in [0.1, 0.15) is 23.2 Å². The van der Waals surface area contributed by atoms with Crippen LogP contribution < -0.4 is 15.9 Å². The Bertz CT molecular complexity index is 1060. The third-order valence-corrected chi connectivity index (χ3v) is 9.79. The summed E-state index contributed by atoms with van der Waals surface area (Å²) in [6, 6.07) is 40.6. The van der Waals surface area contributed by atoms with Gasteiger partial charge < -0.3 is 5.11 Å². The van der Waals surface area contributed by atoms with E-state index in [1.54, 1.807) is 6.08 Å². The fourth-order valence-electron chi connectivity index (χ4n) is 3.94. The van der Waals surface area contributed by atoms with Crippen molar-refractivity contribution in [3.05, 3.63) is 132 Å². The summed E-state index contributed by atoms with van der Waals surface area (Å²) >= 11 is 0.